The summed E-state index contributed by atoms with van der Waals surface area (Å²) in [4.78, 5) is 0. The Hall–Kier alpha value is -0.830. The van der Waals surface area contributed by atoms with Gasteiger partial charge in [-0.15, -0.1) is 0 Å². The van der Waals surface area contributed by atoms with E-state index in [1.165, 1.54) is 25.0 Å². The van der Waals surface area contributed by atoms with E-state index in [1.807, 2.05) is 0 Å². The first-order valence-corrected chi connectivity index (χ1v) is 6.41. The zero-order chi connectivity index (χ0) is 11.1. The summed E-state index contributed by atoms with van der Waals surface area (Å²) >= 11 is 3.38. The van der Waals surface area contributed by atoms with Crippen LogP contribution in [0.3, 0.4) is 0 Å². The van der Waals surface area contributed by atoms with E-state index in [2.05, 4.69) is 33.4 Å². The van der Waals surface area contributed by atoms with Crippen LogP contribution in [-0.2, 0) is 0 Å². The highest BCUT2D eigenvalue weighted by Crippen LogP contribution is 2.44. The first kappa shape index (κ1) is 10.3. The molecule has 84 valence electrons. The molecule has 0 saturated heterocycles. The number of fused-ring (bicyclic) bond motifs is 1. The van der Waals surface area contributed by atoms with Gasteiger partial charge in [0.1, 0.15) is 5.82 Å². The van der Waals surface area contributed by atoms with Crippen LogP contribution in [0.1, 0.15) is 12.8 Å². The van der Waals surface area contributed by atoms with Gasteiger partial charge in [-0.25, -0.2) is 4.39 Å². The highest BCUT2D eigenvalue weighted by Gasteiger charge is 2.40. The Morgan fingerprint density at radius 2 is 2.25 bits per heavy atom. The van der Waals surface area contributed by atoms with Gasteiger partial charge in [0.15, 0.2) is 0 Å². The lowest BCUT2D eigenvalue weighted by Gasteiger charge is -2.41. The van der Waals surface area contributed by atoms with Crippen LogP contribution in [0, 0.1) is 17.7 Å². The van der Waals surface area contributed by atoms with Crippen LogP contribution in [0.25, 0.3) is 0 Å². The van der Waals surface area contributed by atoms with Crippen LogP contribution >= 0.6 is 15.9 Å². The number of nitrogens with one attached hydrogen (secondary N) is 1. The Bertz CT molecular complexity index is 444. The van der Waals surface area contributed by atoms with Crippen molar-refractivity contribution < 1.29 is 4.39 Å². The molecule has 3 heteroatoms. The number of hydrogen-bond donors (Lipinski definition) is 1. The number of halogens is 2. The van der Waals surface area contributed by atoms with Crippen molar-refractivity contribution in [1.29, 1.82) is 0 Å². The second-order valence-corrected chi connectivity index (χ2v) is 5.47. The molecule has 1 aromatic rings. The van der Waals surface area contributed by atoms with E-state index in [0.717, 1.165) is 16.1 Å². The van der Waals surface area contributed by atoms with Crippen LogP contribution in [0.15, 0.2) is 34.8 Å². The molecule has 0 bridgehead atoms. The largest absolute Gasteiger partial charge is 0.381 e. The quantitative estimate of drug-likeness (QED) is 0.809. The summed E-state index contributed by atoms with van der Waals surface area (Å²) in [5, 5.41) is 3.48. The predicted octanol–water partition coefficient (Wildman–Crippen LogP) is 3.96. The minimum absolute atomic E-state index is 0.204. The standard InChI is InChI=1S/C13H13BrFN/c14-11-7-9(15)4-5-12(11)16-13-6-8-2-1-3-10(8)13/h1,3-5,7-8,10,13,16H,2,6H2. The highest BCUT2D eigenvalue weighted by atomic mass is 79.9. The number of allylic oxidation sites excluding steroid dienone is 1. The van der Waals surface area contributed by atoms with E-state index in [0.29, 0.717) is 12.0 Å². The summed E-state index contributed by atoms with van der Waals surface area (Å²) in [5.74, 6) is 1.32. The molecule has 16 heavy (non-hydrogen) atoms. The molecule has 0 aliphatic heterocycles. The van der Waals surface area contributed by atoms with Crippen molar-refractivity contribution in [2.24, 2.45) is 11.8 Å². The molecule has 1 nitrogen and oxygen atoms in total. The molecule has 3 atom stereocenters. The van der Waals surface area contributed by atoms with Crippen molar-refractivity contribution in [2.75, 3.05) is 5.32 Å². The van der Waals surface area contributed by atoms with Gasteiger partial charge < -0.3 is 5.32 Å². The van der Waals surface area contributed by atoms with Gasteiger partial charge in [-0.3, -0.25) is 0 Å². The maximum Gasteiger partial charge on any atom is 0.124 e. The van der Waals surface area contributed by atoms with Crippen molar-refractivity contribution in [2.45, 2.75) is 18.9 Å². The summed E-state index contributed by atoms with van der Waals surface area (Å²) in [6.07, 6.45) is 7.04. The van der Waals surface area contributed by atoms with Gasteiger partial charge in [-0.05, 0) is 52.9 Å². The van der Waals surface area contributed by atoms with Gasteiger partial charge >= 0.3 is 0 Å². The smallest absolute Gasteiger partial charge is 0.124 e. The Labute approximate surface area is 103 Å². The second kappa shape index (κ2) is 3.88. The molecule has 0 amide bonds. The van der Waals surface area contributed by atoms with Gasteiger partial charge in [0.05, 0.1) is 0 Å². The Balaban J connectivity index is 1.73. The van der Waals surface area contributed by atoms with Gasteiger partial charge in [0.25, 0.3) is 0 Å². The summed E-state index contributed by atoms with van der Waals surface area (Å²) in [6, 6.07) is 5.31. The average Bonchev–Trinajstić information content (AvgIpc) is 2.59. The summed E-state index contributed by atoms with van der Waals surface area (Å²) in [7, 11) is 0. The fraction of sp³-hybridized carbons (Fsp3) is 0.385. The molecule has 3 rings (SSSR count). The minimum atomic E-state index is -0.204. The Kier molecular flexibility index (Phi) is 2.51. The predicted molar refractivity (Wildman–Crippen MR) is 66.9 cm³/mol. The zero-order valence-corrected chi connectivity index (χ0v) is 10.4. The van der Waals surface area contributed by atoms with E-state index in [9.17, 15) is 4.39 Å². The molecule has 2 aliphatic carbocycles. The number of benzene rings is 1. The zero-order valence-electron chi connectivity index (χ0n) is 8.79. The van der Waals surface area contributed by atoms with E-state index in [1.54, 1.807) is 6.07 Å². The summed E-state index contributed by atoms with van der Waals surface area (Å²) in [6.45, 7) is 0. The SMILES string of the molecule is Fc1ccc(NC2CC3CC=CC32)c(Br)c1. The maximum absolute atomic E-state index is 12.9. The Morgan fingerprint density at radius 1 is 1.38 bits per heavy atom. The lowest BCUT2D eigenvalue weighted by Crippen LogP contribution is -2.43. The number of rotatable bonds is 2. The molecule has 1 aromatic carbocycles. The van der Waals surface area contributed by atoms with Crippen molar-refractivity contribution in [3.05, 3.63) is 40.6 Å². The van der Waals surface area contributed by atoms with Gasteiger partial charge in [-0.1, -0.05) is 12.2 Å². The van der Waals surface area contributed by atoms with Gasteiger partial charge in [0, 0.05) is 22.1 Å². The fourth-order valence-corrected chi connectivity index (χ4v) is 3.15. The van der Waals surface area contributed by atoms with Crippen LogP contribution in [0.4, 0.5) is 10.1 Å². The first-order valence-electron chi connectivity index (χ1n) is 5.62. The third-order valence-electron chi connectivity index (χ3n) is 3.63. The second-order valence-electron chi connectivity index (χ2n) is 4.61. The maximum atomic E-state index is 12.9. The fourth-order valence-electron chi connectivity index (χ4n) is 2.69. The molecule has 1 N–H and O–H groups in total. The molecule has 1 saturated carbocycles. The monoisotopic (exact) mass is 281 g/mol. The third kappa shape index (κ3) is 1.67. The van der Waals surface area contributed by atoms with Crippen LogP contribution in [0.2, 0.25) is 0 Å². The van der Waals surface area contributed by atoms with Crippen molar-refractivity contribution >= 4 is 21.6 Å². The lowest BCUT2D eigenvalue weighted by atomic mass is 9.71. The van der Waals surface area contributed by atoms with Crippen LogP contribution in [-0.4, -0.2) is 6.04 Å². The lowest BCUT2D eigenvalue weighted by molar-refractivity contribution is 0.218. The summed E-state index contributed by atoms with van der Waals surface area (Å²) in [5.41, 5.74) is 0.991. The number of hydrogen-bond acceptors (Lipinski definition) is 1. The van der Waals surface area contributed by atoms with Gasteiger partial charge in [0.2, 0.25) is 0 Å². The molecule has 0 radical (unpaired) electrons. The minimum Gasteiger partial charge on any atom is -0.381 e. The normalized spacial score (nSPS) is 31.0. The number of anilines is 1. The Morgan fingerprint density at radius 3 is 3.00 bits per heavy atom. The topological polar surface area (TPSA) is 12.0 Å². The van der Waals surface area contributed by atoms with E-state index >= 15 is 0 Å². The van der Waals surface area contributed by atoms with Crippen LogP contribution < -0.4 is 5.32 Å². The van der Waals surface area contributed by atoms with Gasteiger partial charge in [-0.2, -0.15) is 0 Å². The molecule has 3 unspecified atom stereocenters. The van der Waals surface area contributed by atoms with E-state index in [4.69, 9.17) is 0 Å². The highest BCUT2D eigenvalue weighted by molar-refractivity contribution is 9.10. The summed E-state index contributed by atoms with van der Waals surface area (Å²) < 4.78 is 13.7. The van der Waals surface area contributed by atoms with Crippen molar-refractivity contribution in [3.8, 4) is 0 Å². The molecule has 2 aliphatic rings. The van der Waals surface area contributed by atoms with Crippen LogP contribution in [0.5, 0.6) is 0 Å². The average molecular weight is 282 g/mol. The van der Waals surface area contributed by atoms with Crippen molar-refractivity contribution in [1.82, 2.24) is 0 Å². The van der Waals surface area contributed by atoms with Crippen molar-refractivity contribution in [3.63, 3.8) is 0 Å². The molecule has 0 spiro atoms. The van der Waals surface area contributed by atoms with E-state index < -0.39 is 0 Å². The molecular formula is C13H13BrFN. The molecule has 1 fully saturated rings. The molecular weight excluding hydrogens is 269 g/mol. The first-order chi connectivity index (χ1) is 7.74. The molecule has 0 aromatic heterocycles. The third-order valence-corrected chi connectivity index (χ3v) is 4.29. The van der Waals surface area contributed by atoms with E-state index in [-0.39, 0.29) is 5.82 Å². The molecule has 0 heterocycles.